The lowest BCUT2D eigenvalue weighted by molar-refractivity contribution is -0.121. The van der Waals surface area contributed by atoms with Gasteiger partial charge in [-0.3, -0.25) is 9.69 Å². The number of rotatable bonds is 6. The molecule has 4 heteroatoms. The Labute approximate surface area is 127 Å². The zero-order valence-corrected chi connectivity index (χ0v) is 13.4. The quantitative estimate of drug-likeness (QED) is 0.846. The van der Waals surface area contributed by atoms with E-state index in [1.165, 1.54) is 31.5 Å². The smallest absolute Gasteiger partial charge is 0.244 e. The van der Waals surface area contributed by atoms with E-state index in [1.807, 2.05) is 32.9 Å². The van der Waals surface area contributed by atoms with Crippen molar-refractivity contribution >= 4 is 11.6 Å². The van der Waals surface area contributed by atoms with Gasteiger partial charge in [0, 0.05) is 12.2 Å². The third-order valence-corrected chi connectivity index (χ3v) is 4.00. The van der Waals surface area contributed by atoms with E-state index in [0.29, 0.717) is 0 Å². The van der Waals surface area contributed by atoms with Gasteiger partial charge in [-0.2, -0.15) is 0 Å². The summed E-state index contributed by atoms with van der Waals surface area (Å²) in [5.41, 5.74) is 1.61. The first-order valence-electron chi connectivity index (χ1n) is 7.89. The van der Waals surface area contributed by atoms with E-state index in [4.69, 9.17) is 0 Å². The highest BCUT2D eigenvalue weighted by Gasteiger charge is 2.26. The second kappa shape index (κ2) is 7.05. The molecular weight excluding hydrogens is 262 g/mol. The Kier molecular flexibility index (Phi) is 5.37. The van der Waals surface area contributed by atoms with Crippen molar-refractivity contribution in [1.29, 1.82) is 0 Å². The van der Waals surface area contributed by atoms with Crippen molar-refractivity contribution in [2.24, 2.45) is 0 Å². The van der Waals surface area contributed by atoms with Crippen LogP contribution in [0.1, 0.15) is 39.2 Å². The molecule has 0 saturated carbocycles. The second-order valence-electron chi connectivity index (χ2n) is 6.29. The lowest BCUT2D eigenvalue weighted by Crippen LogP contribution is -2.49. The number of hydrogen-bond acceptors (Lipinski definition) is 3. The molecule has 116 valence electrons. The van der Waals surface area contributed by atoms with E-state index in [-0.39, 0.29) is 5.91 Å². The summed E-state index contributed by atoms with van der Waals surface area (Å²) in [5, 5.41) is 6.16. The number of benzene rings is 1. The van der Waals surface area contributed by atoms with Gasteiger partial charge in [-0.15, -0.1) is 0 Å². The normalized spacial score (nSPS) is 16.1. The third-order valence-electron chi connectivity index (χ3n) is 4.00. The molecule has 4 nitrogen and oxygen atoms in total. The molecule has 0 aliphatic carbocycles. The molecule has 1 aromatic rings. The number of nitrogens with one attached hydrogen (secondary N) is 2. The van der Waals surface area contributed by atoms with Crippen LogP contribution in [0.25, 0.3) is 0 Å². The molecule has 1 saturated heterocycles. The summed E-state index contributed by atoms with van der Waals surface area (Å²) in [6, 6.07) is 8.19. The molecule has 2 rings (SSSR count). The first-order valence-corrected chi connectivity index (χ1v) is 7.89. The van der Waals surface area contributed by atoms with E-state index in [9.17, 15) is 4.79 Å². The maximum absolute atomic E-state index is 12.2. The van der Waals surface area contributed by atoms with Crippen molar-refractivity contribution in [3.63, 3.8) is 0 Å². The average molecular weight is 289 g/mol. The van der Waals surface area contributed by atoms with Gasteiger partial charge in [0.1, 0.15) is 0 Å². The minimum Gasteiger partial charge on any atom is -0.325 e. The lowest BCUT2D eigenvalue weighted by atomic mass is 10.0. The third kappa shape index (κ3) is 4.55. The lowest BCUT2D eigenvalue weighted by Gasteiger charge is -2.24. The van der Waals surface area contributed by atoms with Crippen LogP contribution in [0, 0.1) is 0 Å². The first-order chi connectivity index (χ1) is 10.0. The summed E-state index contributed by atoms with van der Waals surface area (Å²) in [7, 11) is 0. The monoisotopic (exact) mass is 289 g/mol. The predicted molar refractivity (Wildman–Crippen MR) is 87.3 cm³/mol. The Balaban J connectivity index is 1.91. The molecule has 1 fully saturated rings. The van der Waals surface area contributed by atoms with Crippen LogP contribution in [0.4, 0.5) is 5.69 Å². The highest BCUT2D eigenvalue weighted by atomic mass is 16.2. The van der Waals surface area contributed by atoms with Crippen molar-refractivity contribution in [3.05, 3.63) is 29.8 Å². The fourth-order valence-electron chi connectivity index (χ4n) is 2.70. The standard InChI is InChI=1S/C17H27N3O/c1-4-18-17(2,3)16(21)19-15-9-7-14(8-10-15)13-20-11-5-6-12-20/h7-10,18H,4-6,11-13H2,1-3H3,(H,19,21). The molecule has 2 N–H and O–H groups in total. The van der Waals surface area contributed by atoms with Gasteiger partial charge < -0.3 is 10.6 Å². The summed E-state index contributed by atoms with van der Waals surface area (Å²) in [6.07, 6.45) is 2.63. The maximum Gasteiger partial charge on any atom is 0.244 e. The highest BCUT2D eigenvalue weighted by Crippen LogP contribution is 2.16. The van der Waals surface area contributed by atoms with Crippen LogP contribution in [0.2, 0.25) is 0 Å². The van der Waals surface area contributed by atoms with Crippen molar-refractivity contribution in [2.45, 2.75) is 45.7 Å². The van der Waals surface area contributed by atoms with Crippen LogP contribution in [-0.4, -0.2) is 36.0 Å². The van der Waals surface area contributed by atoms with Crippen LogP contribution in [0.3, 0.4) is 0 Å². The molecular formula is C17H27N3O. The van der Waals surface area contributed by atoms with Crippen LogP contribution in [-0.2, 0) is 11.3 Å². The van der Waals surface area contributed by atoms with Crippen LogP contribution < -0.4 is 10.6 Å². The van der Waals surface area contributed by atoms with E-state index in [0.717, 1.165) is 18.8 Å². The van der Waals surface area contributed by atoms with Gasteiger partial charge in [0.25, 0.3) is 0 Å². The highest BCUT2D eigenvalue weighted by molar-refractivity contribution is 5.97. The van der Waals surface area contributed by atoms with Gasteiger partial charge in [0.2, 0.25) is 5.91 Å². The second-order valence-corrected chi connectivity index (χ2v) is 6.29. The molecule has 1 aliphatic heterocycles. The van der Waals surface area contributed by atoms with E-state index >= 15 is 0 Å². The fraction of sp³-hybridized carbons (Fsp3) is 0.588. The van der Waals surface area contributed by atoms with Gasteiger partial charge in [0.15, 0.2) is 0 Å². The number of anilines is 1. The first kappa shape index (κ1) is 16.0. The molecule has 0 radical (unpaired) electrons. The maximum atomic E-state index is 12.2. The summed E-state index contributed by atoms with van der Waals surface area (Å²) in [6.45, 7) is 9.99. The molecule has 0 atom stereocenters. The Morgan fingerprint density at radius 3 is 2.38 bits per heavy atom. The topological polar surface area (TPSA) is 44.4 Å². The number of amides is 1. The van der Waals surface area contributed by atoms with Crippen molar-refractivity contribution in [3.8, 4) is 0 Å². The Morgan fingerprint density at radius 1 is 1.19 bits per heavy atom. The number of carbonyl (C=O) groups excluding carboxylic acids is 1. The Morgan fingerprint density at radius 2 is 1.81 bits per heavy atom. The van der Waals surface area contributed by atoms with E-state index < -0.39 is 5.54 Å². The Bertz CT molecular complexity index is 461. The van der Waals surface area contributed by atoms with Crippen molar-refractivity contribution in [2.75, 3.05) is 25.0 Å². The molecule has 21 heavy (non-hydrogen) atoms. The SMILES string of the molecule is CCNC(C)(C)C(=O)Nc1ccc(CN2CCCC2)cc1. The molecule has 1 aliphatic rings. The van der Waals surface area contributed by atoms with Crippen LogP contribution >= 0.6 is 0 Å². The van der Waals surface area contributed by atoms with Gasteiger partial charge in [0.05, 0.1) is 5.54 Å². The molecule has 0 unspecified atom stereocenters. The molecule has 0 aromatic heterocycles. The predicted octanol–water partition coefficient (Wildman–Crippen LogP) is 2.61. The summed E-state index contributed by atoms with van der Waals surface area (Å²) < 4.78 is 0. The van der Waals surface area contributed by atoms with Gasteiger partial charge in [-0.25, -0.2) is 0 Å². The molecule has 1 aromatic carbocycles. The average Bonchev–Trinajstić information content (AvgIpc) is 2.94. The number of nitrogens with zero attached hydrogens (tertiary/aromatic N) is 1. The van der Waals surface area contributed by atoms with Crippen LogP contribution in [0.15, 0.2) is 24.3 Å². The Hall–Kier alpha value is -1.39. The number of likely N-dealkylation sites (tertiary alicyclic amines) is 1. The van der Waals surface area contributed by atoms with Crippen LogP contribution in [0.5, 0.6) is 0 Å². The molecule has 0 bridgehead atoms. The number of hydrogen-bond donors (Lipinski definition) is 2. The molecule has 1 amide bonds. The fourth-order valence-corrected chi connectivity index (χ4v) is 2.70. The minimum absolute atomic E-state index is 0.00311. The molecule has 1 heterocycles. The number of carbonyl (C=O) groups is 1. The van der Waals surface area contributed by atoms with Crippen molar-refractivity contribution < 1.29 is 4.79 Å². The summed E-state index contributed by atoms with van der Waals surface area (Å²) in [4.78, 5) is 14.7. The molecule has 0 spiro atoms. The number of likely N-dealkylation sites (N-methyl/N-ethyl adjacent to an activating group) is 1. The summed E-state index contributed by atoms with van der Waals surface area (Å²) in [5.74, 6) is -0.00311. The largest absolute Gasteiger partial charge is 0.325 e. The van der Waals surface area contributed by atoms with Gasteiger partial charge in [-0.05, 0) is 64.0 Å². The van der Waals surface area contributed by atoms with Gasteiger partial charge in [-0.1, -0.05) is 19.1 Å². The van der Waals surface area contributed by atoms with Crippen molar-refractivity contribution in [1.82, 2.24) is 10.2 Å². The van der Waals surface area contributed by atoms with Gasteiger partial charge >= 0.3 is 0 Å². The summed E-state index contributed by atoms with van der Waals surface area (Å²) >= 11 is 0. The zero-order chi connectivity index (χ0) is 15.3. The zero-order valence-electron chi connectivity index (χ0n) is 13.4. The minimum atomic E-state index is -0.553. The van der Waals surface area contributed by atoms with E-state index in [1.54, 1.807) is 0 Å². The van der Waals surface area contributed by atoms with E-state index in [2.05, 4.69) is 27.7 Å².